The van der Waals surface area contributed by atoms with Crippen molar-refractivity contribution in [3.05, 3.63) is 34.1 Å². The van der Waals surface area contributed by atoms with E-state index in [4.69, 9.17) is 4.74 Å². The number of halogens is 2. The molecule has 0 spiro atoms. The van der Waals surface area contributed by atoms with E-state index < -0.39 is 11.7 Å². The van der Waals surface area contributed by atoms with E-state index in [1.54, 1.807) is 6.07 Å². The Kier molecular flexibility index (Phi) is 6.45. The normalized spacial score (nSPS) is 12.5. The van der Waals surface area contributed by atoms with E-state index in [-0.39, 0.29) is 17.5 Å². The molecule has 1 aromatic rings. The lowest BCUT2D eigenvalue weighted by molar-refractivity contribution is 0.0802. The number of nitrogens with one attached hydrogen (secondary N) is 1. The zero-order valence-electron chi connectivity index (χ0n) is 11.4. The molecule has 19 heavy (non-hydrogen) atoms. The summed E-state index contributed by atoms with van der Waals surface area (Å²) >= 11 is 3.23. The van der Waals surface area contributed by atoms with Crippen LogP contribution >= 0.6 is 15.9 Å². The molecule has 0 heterocycles. The first-order chi connectivity index (χ1) is 8.95. The van der Waals surface area contributed by atoms with Crippen LogP contribution in [0.1, 0.15) is 31.1 Å². The third kappa shape index (κ3) is 4.91. The minimum Gasteiger partial charge on any atom is -0.380 e. The van der Waals surface area contributed by atoms with E-state index in [2.05, 4.69) is 21.2 Å². The fourth-order valence-electron chi connectivity index (χ4n) is 1.56. The Bertz CT molecular complexity index is 437. The summed E-state index contributed by atoms with van der Waals surface area (Å²) in [5.74, 6) is -0.734. The van der Waals surface area contributed by atoms with Crippen LogP contribution in [0.2, 0.25) is 0 Å². The number of hydrogen-bond acceptors (Lipinski definition) is 2. The maximum Gasteiger partial charge on any atom is 0.254 e. The topological polar surface area (TPSA) is 38.3 Å². The van der Waals surface area contributed by atoms with E-state index in [0.717, 1.165) is 0 Å². The first-order valence-electron chi connectivity index (χ1n) is 6.29. The average Bonchev–Trinajstić information content (AvgIpc) is 2.36. The van der Waals surface area contributed by atoms with Gasteiger partial charge in [0.15, 0.2) is 0 Å². The van der Waals surface area contributed by atoms with Crippen LogP contribution in [0.3, 0.4) is 0 Å². The lowest BCUT2D eigenvalue weighted by atomic mass is 10.0. The van der Waals surface area contributed by atoms with Gasteiger partial charge in [-0.25, -0.2) is 4.39 Å². The molecule has 106 valence electrons. The van der Waals surface area contributed by atoms with Gasteiger partial charge < -0.3 is 10.1 Å². The summed E-state index contributed by atoms with van der Waals surface area (Å²) in [5.41, 5.74) is 0.0384. The molecule has 1 atom stereocenters. The zero-order valence-corrected chi connectivity index (χ0v) is 13.0. The highest BCUT2D eigenvalue weighted by molar-refractivity contribution is 9.10. The second kappa shape index (κ2) is 7.60. The van der Waals surface area contributed by atoms with Crippen LogP contribution in [0.5, 0.6) is 0 Å². The molecular formula is C14H19BrFNO2. The average molecular weight is 332 g/mol. The van der Waals surface area contributed by atoms with Crippen molar-refractivity contribution in [2.75, 3.05) is 13.2 Å². The van der Waals surface area contributed by atoms with Gasteiger partial charge in [-0.05, 0) is 31.0 Å². The van der Waals surface area contributed by atoms with Crippen molar-refractivity contribution in [2.24, 2.45) is 5.92 Å². The van der Waals surface area contributed by atoms with Gasteiger partial charge >= 0.3 is 0 Å². The maximum absolute atomic E-state index is 13.6. The Morgan fingerprint density at radius 2 is 2.16 bits per heavy atom. The molecule has 0 saturated carbocycles. The predicted octanol–water partition coefficient (Wildman–Crippen LogP) is 3.38. The molecule has 0 aliphatic heterocycles. The summed E-state index contributed by atoms with van der Waals surface area (Å²) in [6, 6.07) is 4.17. The largest absolute Gasteiger partial charge is 0.380 e. The third-order valence-electron chi connectivity index (χ3n) is 2.80. The minimum atomic E-state index is -0.528. The number of carbonyl (C=O) groups excluding carboxylic acids is 1. The Labute approximate surface area is 121 Å². The smallest absolute Gasteiger partial charge is 0.254 e. The number of hydrogen-bond donors (Lipinski definition) is 1. The van der Waals surface area contributed by atoms with Gasteiger partial charge in [-0.15, -0.1) is 0 Å². The minimum absolute atomic E-state index is 0.0384. The van der Waals surface area contributed by atoms with Crippen LogP contribution in [0.15, 0.2) is 22.7 Å². The fourth-order valence-corrected chi connectivity index (χ4v) is 1.92. The number of ether oxygens (including phenoxy) is 1. The van der Waals surface area contributed by atoms with Gasteiger partial charge in [-0.3, -0.25) is 4.79 Å². The molecule has 1 unspecified atom stereocenters. The van der Waals surface area contributed by atoms with Gasteiger partial charge in [0.25, 0.3) is 5.91 Å². The quantitative estimate of drug-likeness (QED) is 0.867. The molecule has 1 amide bonds. The lowest BCUT2D eigenvalue weighted by Crippen LogP contribution is -2.42. The molecule has 0 aromatic heterocycles. The van der Waals surface area contributed by atoms with Gasteiger partial charge in [-0.1, -0.05) is 29.8 Å². The van der Waals surface area contributed by atoms with Gasteiger partial charge in [-0.2, -0.15) is 0 Å². The van der Waals surface area contributed by atoms with Crippen molar-refractivity contribution in [1.29, 1.82) is 0 Å². The van der Waals surface area contributed by atoms with Gasteiger partial charge in [0.2, 0.25) is 0 Å². The maximum atomic E-state index is 13.6. The zero-order chi connectivity index (χ0) is 14.4. The molecule has 1 aromatic carbocycles. The van der Waals surface area contributed by atoms with Gasteiger partial charge in [0, 0.05) is 11.1 Å². The summed E-state index contributed by atoms with van der Waals surface area (Å²) in [7, 11) is 0. The highest BCUT2D eigenvalue weighted by atomic mass is 79.9. The number of carbonyl (C=O) groups is 1. The lowest BCUT2D eigenvalue weighted by Gasteiger charge is -2.22. The van der Waals surface area contributed by atoms with E-state index in [0.29, 0.717) is 17.7 Å². The molecule has 5 heteroatoms. The second-order valence-electron chi connectivity index (χ2n) is 4.61. The molecule has 0 fully saturated rings. The Morgan fingerprint density at radius 3 is 2.74 bits per heavy atom. The fraction of sp³-hybridized carbons (Fsp3) is 0.500. The van der Waals surface area contributed by atoms with Crippen molar-refractivity contribution in [3.8, 4) is 0 Å². The van der Waals surface area contributed by atoms with Crippen molar-refractivity contribution in [1.82, 2.24) is 5.32 Å². The van der Waals surface area contributed by atoms with Crippen molar-refractivity contribution < 1.29 is 13.9 Å². The highest BCUT2D eigenvalue weighted by Crippen LogP contribution is 2.16. The van der Waals surface area contributed by atoms with Crippen molar-refractivity contribution in [2.45, 2.75) is 26.8 Å². The van der Waals surface area contributed by atoms with Crippen LogP contribution in [0.4, 0.5) is 4.39 Å². The SMILES string of the molecule is CCOCC(NC(=O)c1cc(Br)ccc1F)C(C)C. The van der Waals surface area contributed by atoms with Crippen LogP contribution in [-0.4, -0.2) is 25.2 Å². The van der Waals surface area contributed by atoms with Crippen LogP contribution in [-0.2, 0) is 4.74 Å². The summed E-state index contributed by atoms with van der Waals surface area (Å²) in [6.07, 6.45) is 0. The van der Waals surface area contributed by atoms with Crippen molar-refractivity contribution in [3.63, 3.8) is 0 Å². The summed E-state index contributed by atoms with van der Waals surface area (Å²) in [6.45, 7) is 6.88. The molecule has 3 nitrogen and oxygen atoms in total. The monoisotopic (exact) mass is 331 g/mol. The molecule has 0 radical (unpaired) electrons. The standard InChI is InChI=1S/C14H19BrFNO2/c1-4-19-8-13(9(2)3)17-14(18)11-7-10(15)5-6-12(11)16/h5-7,9,13H,4,8H2,1-3H3,(H,17,18). The third-order valence-corrected chi connectivity index (χ3v) is 3.29. The molecule has 0 aliphatic carbocycles. The number of rotatable bonds is 6. The van der Waals surface area contributed by atoms with Crippen molar-refractivity contribution >= 4 is 21.8 Å². The Balaban J connectivity index is 2.78. The van der Waals surface area contributed by atoms with Crippen LogP contribution < -0.4 is 5.32 Å². The van der Waals surface area contributed by atoms with E-state index in [1.165, 1.54) is 12.1 Å². The van der Waals surface area contributed by atoms with Gasteiger partial charge in [0.1, 0.15) is 5.82 Å². The summed E-state index contributed by atoms with van der Waals surface area (Å²) < 4.78 is 19.6. The molecule has 0 aliphatic rings. The molecule has 1 rings (SSSR count). The predicted molar refractivity (Wildman–Crippen MR) is 76.7 cm³/mol. The summed E-state index contributed by atoms with van der Waals surface area (Å²) in [4.78, 5) is 12.1. The highest BCUT2D eigenvalue weighted by Gasteiger charge is 2.19. The molecule has 0 saturated heterocycles. The first kappa shape index (κ1) is 16.1. The van der Waals surface area contributed by atoms with E-state index >= 15 is 0 Å². The number of amides is 1. The Morgan fingerprint density at radius 1 is 1.47 bits per heavy atom. The van der Waals surface area contributed by atoms with E-state index in [1.807, 2.05) is 20.8 Å². The van der Waals surface area contributed by atoms with Gasteiger partial charge in [0.05, 0.1) is 18.2 Å². The molecule has 0 bridgehead atoms. The van der Waals surface area contributed by atoms with Crippen LogP contribution in [0.25, 0.3) is 0 Å². The van der Waals surface area contributed by atoms with Crippen LogP contribution in [0, 0.1) is 11.7 Å². The summed E-state index contributed by atoms with van der Waals surface area (Å²) in [5, 5.41) is 2.81. The molecular weight excluding hydrogens is 313 g/mol. The van der Waals surface area contributed by atoms with E-state index in [9.17, 15) is 9.18 Å². The first-order valence-corrected chi connectivity index (χ1v) is 7.08. The number of benzene rings is 1. The second-order valence-corrected chi connectivity index (χ2v) is 5.52. The Hall–Kier alpha value is -0.940. The molecule has 1 N–H and O–H groups in total.